The van der Waals surface area contributed by atoms with Gasteiger partial charge in [0.2, 0.25) is 0 Å². The molecule has 0 radical (unpaired) electrons. The lowest BCUT2D eigenvalue weighted by Gasteiger charge is -2.23. The molecular weight excluding hydrogens is 277 g/mol. The van der Waals surface area contributed by atoms with E-state index < -0.39 is 17.6 Å². The minimum absolute atomic E-state index is 0.0564. The second kappa shape index (κ2) is 7.20. The first kappa shape index (κ1) is 16.4. The molecule has 1 aromatic carbocycles. The molecule has 0 aliphatic carbocycles. The fraction of sp³-hybridized carbons (Fsp3) is 0.500. The molecule has 0 aliphatic rings. The summed E-state index contributed by atoms with van der Waals surface area (Å²) in [7, 11) is 1.41. The maximum absolute atomic E-state index is 12.4. The first-order valence-corrected chi connectivity index (χ1v) is 5.83. The van der Waals surface area contributed by atoms with Crippen LogP contribution in [0.5, 0.6) is 0 Å². The molecule has 8 heteroatoms. The zero-order chi connectivity index (χ0) is 15.2. The summed E-state index contributed by atoms with van der Waals surface area (Å²) >= 11 is 0. The molecule has 0 amide bonds. The van der Waals surface area contributed by atoms with Crippen LogP contribution in [0, 0.1) is 10.1 Å². The number of non-ortho nitro benzene ring substituents is 1. The van der Waals surface area contributed by atoms with Gasteiger partial charge in [0.1, 0.15) is 0 Å². The average molecular weight is 292 g/mol. The lowest BCUT2D eigenvalue weighted by Crippen LogP contribution is -2.36. The molecule has 0 saturated carbocycles. The first-order valence-electron chi connectivity index (χ1n) is 5.83. The molecule has 0 fully saturated rings. The Hall–Kier alpha value is -1.67. The van der Waals surface area contributed by atoms with E-state index in [2.05, 4.69) is 0 Å². The normalized spacial score (nSPS) is 11.8. The Balaban J connectivity index is 2.70. The molecule has 5 nitrogen and oxygen atoms in total. The predicted molar refractivity (Wildman–Crippen MR) is 66.3 cm³/mol. The van der Waals surface area contributed by atoms with Crippen molar-refractivity contribution >= 4 is 5.69 Å². The highest BCUT2D eigenvalue weighted by atomic mass is 19.4. The third-order valence-corrected chi connectivity index (χ3v) is 2.57. The van der Waals surface area contributed by atoms with Crippen LogP contribution in [-0.4, -0.2) is 42.8 Å². The maximum atomic E-state index is 12.4. The molecule has 1 aromatic rings. The molecule has 0 N–H and O–H groups in total. The summed E-state index contributed by atoms with van der Waals surface area (Å²) in [6.45, 7) is -0.676. The van der Waals surface area contributed by atoms with E-state index in [9.17, 15) is 23.3 Å². The molecule has 0 unspecified atom stereocenters. The zero-order valence-corrected chi connectivity index (χ0v) is 10.9. The van der Waals surface area contributed by atoms with Gasteiger partial charge in [0.15, 0.2) is 0 Å². The molecular formula is C12H15F3N2O3. The topological polar surface area (TPSA) is 55.6 Å². The van der Waals surface area contributed by atoms with Gasteiger partial charge in [-0.15, -0.1) is 0 Å². The van der Waals surface area contributed by atoms with E-state index in [-0.39, 0.29) is 25.4 Å². The van der Waals surface area contributed by atoms with Gasteiger partial charge >= 0.3 is 6.18 Å². The van der Waals surface area contributed by atoms with E-state index in [0.29, 0.717) is 5.56 Å². The third kappa shape index (κ3) is 5.98. The van der Waals surface area contributed by atoms with Crippen LogP contribution in [0.25, 0.3) is 0 Å². The van der Waals surface area contributed by atoms with Crippen molar-refractivity contribution in [2.75, 3.05) is 26.8 Å². The molecule has 0 spiro atoms. The van der Waals surface area contributed by atoms with Crippen LogP contribution >= 0.6 is 0 Å². The number of nitro groups is 1. The van der Waals surface area contributed by atoms with E-state index >= 15 is 0 Å². The fourth-order valence-electron chi connectivity index (χ4n) is 1.67. The highest BCUT2D eigenvalue weighted by Gasteiger charge is 2.30. The Morgan fingerprint density at radius 1 is 1.30 bits per heavy atom. The van der Waals surface area contributed by atoms with E-state index in [0.717, 1.165) is 0 Å². The quantitative estimate of drug-likeness (QED) is 0.572. The van der Waals surface area contributed by atoms with Crippen LogP contribution in [0.15, 0.2) is 24.3 Å². The second-order valence-electron chi connectivity index (χ2n) is 4.24. The molecule has 1 rings (SSSR count). The standard InChI is InChI=1S/C12H15F3N2O3/c1-20-7-6-16(9-12(13,14)15)8-10-2-4-11(5-3-10)17(18)19/h2-5H,6-9H2,1H3. The van der Waals surface area contributed by atoms with Gasteiger partial charge in [0, 0.05) is 32.3 Å². The number of rotatable bonds is 7. The molecule has 0 heterocycles. The monoisotopic (exact) mass is 292 g/mol. The Bertz CT molecular complexity index is 435. The summed E-state index contributed by atoms with van der Waals surface area (Å²) in [5, 5.41) is 10.5. The van der Waals surface area contributed by atoms with Crippen molar-refractivity contribution in [3.05, 3.63) is 39.9 Å². The number of hydrogen-bond donors (Lipinski definition) is 0. The Kier molecular flexibility index (Phi) is 5.90. The van der Waals surface area contributed by atoms with Crippen molar-refractivity contribution < 1.29 is 22.8 Å². The average Bonchev–Trinajstić information content (AvgIpc) is 2.35. The highest BCUT2D eigenvalue weighted by molar-refractivity contribution is 5.32. The lowest BCUT2D eigenvalue weighted by atomic mass is 10.2. The summed E-state index contributed by atoms with van der Waals surface area (Å²) in [5.74, 6) is 0. The molecule has 112 valence electrons. The van der Waals surface area contributed by atoms with Gasteiger partial charge in [-0.2, -0.15) is 13.2 Å². The Labute approximate surface area is 114 Å². The van der Waals surface area contributed by atoms with E-state index in [1.165, 1.54) is 36.3 Å². The van der Waals surface area contributed by atoms with Crippen molar-refractivity contribution in [2.45, 2.75) is 12.7 Å². The third-order valence-electron chi connectivity index (χ3n) is 2.57. The van der Waals surface area contributed by atoms with Gasteiger partial charge in [0.25, 0.3) is 5.69 Å². The van der Waals surface area contributed by atoms with Gasteiger partial charge in [0.05, 0.1) is 18.1 Å². The van der Waals surface area contributed by atoms with Crippen molar-refractivity contribution in [3.8, 4) is 0 Å². The number of halogens is 3. The van der Waals surface area contributed by atoms with Crippen molar-refractivity contribution in [1.29, 1.82) is 0 Å². The van der Waals surface area contributed by atoms with Gasteiger partial charge < -0.3 is 4.74 Å². The summed E-state index contributed by atoms with van der Waals surface area (Å²) in [5.41, 5.74) is 0.490. The minimum Gasteiger partial charge on any atom is -0.383 e. The van der Waals surface area contributed by atoms with Gasteiger partial charge in [-0.3, -0.25) is 15.0 Å². The highest BCUT2D eigenvalue weighted by Crippen LogP contribution is 2.19. The molecule has 0 atom stereocenters. The van der Waals surface area contributed by atoms with Crippen LogP contribution in [0.2, 0.25) is 0 Å². The van der Waals surface area contributed by atoms with Crippen LogP contribution in [0.3, 0.4) is 0 Å². The van der Waals surface area contributed by atoms with Gasteiger partial charge in [-0.25, -0.2) is 0 Å². The molecule has 0 saturated heterocycles. The van der Waals surface area contributed by atoms with Crippen molar-refractivity contribution in [1.82, 2.24) is 4.90 Å². The summed E-state index contributed by atoms with van der Waals surface area (Å²) in [6, 6.07) is 5.46. The van der Waals surface area contributed by atoms with Crippen LogP contribution in [-0.2, 0) is 11.3 Å². The first-order chi connectivity index (χ1) is 9.31. The molecule has 0 aromatic heterocycles. The molecule has 0 bridgehead atoms. The fourth-order valence-corrected chi connectivity index (χ4v) is 1.67. The summed E-state index contributed by atoms with van der Waals surface area (Å²) in [4.78, 5) is 11.1. The number of methoxy groups -OCH3 is 1. The number of hydrogen-bond acceptors (Lipinski definition) is 4. The number of benzene rings is 1. The number of ether oxygens (including phenoxy) is 1. The zero-order valence-electron chi connectivity index (χ0n) is 10.9. The molecule has 20 heavy (non-hydrogen) atoms. The second-order valence-corrected chi connectivity index (χ2v) is 4.24. The van der Waals surface area contributed by atoms with E-state index in [1.54, 1.807) is 0 Å². The number of nitrogens with zero attached hydrogens (tertiary/aromatic N) is 2. The Morgan fingerprint density at radius 3 is 2.35 bits per heavy atom. The van der Waals surface area contributed by atoms with Crippen LogP contribution in [0.4, 0.5) is 18.9 Å². The van der Waals surface area contributed by atoms with E-state index in [1.807, 2.05) is 0 Å². The van der Waals surface area contributed by atoms with Gasteiger partial charge in [-0.05, 0) is 5.56 Å². The van der Waals surface area contributed by atoms with Crippen molar-refractivity contribution in [3.63, 3.8) is 0 Å². The van der Waals surface area contributed by atoms with E-state index in [4.69, 9.17) is 4.74 Å². The summed E-state index contributed by atoms with van der Waals surface area (Å²) < 4.78 is 42.1. The largest absolute Gasteiger partial charge is 0.401 e. The number of alkyl halides is 3. The minimum atomic E-state index is -4.30. The number of nitro benzene ring substituents is 1. The Morgan fingerprint density at radius 2 is 1.90 bits per heavy atom. The molecule has 0 aliphatic heterocycles. The SMILES string of the molecule is COCCN(Cc1ccc([N+](=O)[O-])cc1)CC(F)(F)F. The van der Waals surface area contributed by atoms with Crippen molar-refractivity contribution in [2.24, 2.45) is 0 Å². The van der Waals surface area contributed by atoms with Crippen LogP contribution < -0.4 is 0 Å². The van der Waals surface area contributed by atoms with Gasteiger partial charge in [-0.1, -0.05) is 12.1 Å². The van der Waals surface area contributed by atoms with Crippen LogP contribution in [0.1, 0.15) is 5.56 Å². The summed E-state index contributed by atoms with van der Waals surface area (Å²) in [6.07, 6.45) is -4.30. The predicted octanol–water partition coefficient (Wildman–Crippen LogP) is 2.61. The maximum Gasteiger partial charge on any atom is 0.401 e. The lowest BCUT2D eigenvalue weighted by molar-refractivity contribution is -0.384. The smallest absolute Gasteiger partial charge is 0.383 e.